The van der Waals surface area contributed by atoms with Crippen LogP contribution in [0.4, 0.5) is 4.39 Å². The molecular weight excluding hydrogens is 199 g/mol. The molecule has 1 fully saturated rings. The number of halogens is 1. The monoisotopic (exact) mass is 216 g/mol. The molecule has 1 aliphatic carbocycles. The van der Waals surface area contributed by atoms with E-state index in [4.69, 9.17) is 4.74 Å². The average molecular weight is 216 g/mol. The first kappa shape index (κ1) is 12.1. The van der Waals surface area contributed by atoms with Gasteiger partial charge in [0.15, 0.2) is 5.78 Å². The Morgan fingerprint density at radius 1 is 1.40 bits per heavy atom. The summed E-state index contributed by atoms with van der Waals surface area (Å²) in [5, 5.41) is 0. The summed E-state index contributed by atoms with van der Waals surface area (Å²) in [7, 11) is 0. The summed E-state index contributed by atoms with van der Waals surface area (Å²) >= 11 is 0. The normalized spacial score (nSPS) is 27.6. The van der Waals surface area contributed by atoms with Gasteiger partial charge in [0.25, 0.3) is 5.67 Å². The molecule has 0 unspecified atom stereocenters. The fourth-order valence-electron chi connectivity index (χ4n) is 1.57. The topological polar surface area (TPSA) is 43.4 Å². The van der Waals surface area contributed by atoms with Crippen LogP contribution in [0.1, 0.15) is 46.5 Å². The fourth-order valence-corrected chi connectivity index (χ4v) is 1.57. The molecule has 1 rings (SSSR count). The number of Topliss-reactive ketones (excluding diaryl/α,β-unsaturated/α-hetero) is 1. The molecule has 15 heavy (non-hydrogen) atoms. The second-order valence-electron chi connectivity index (χ2n) is 4.93. The van der Waals surface area contributed by atoms with E-state index in [0.717, 1.165) is 0 Å². The van der Waals surface area contributed by atoms with Crippen LogP contribution in [0.2, 0.25) is 0 Å². The van der Waals surface area contributed by atoms with Crippen LogP contribution in [0.3, 0.4) is 0 Å². The number of hydrogen-bond donors (Lipinski definition) is 0. The second kappa shape index (κ2) is 3.91. The molecule has 1 atom stereocenters. The molecule has 0 aromatic rings. The van der Waals surface area contributed by atoms with Gasteiger partial charge >= 0.3 is 5.97 Å². The minimum Gasteiger partial charge on any atom is -0.457 e. The number of alkyl halides is 1. The number of carbonyl (C=O) groups excluding carboxylic acids is 2. The van der Waals surface area contributed by atoms with Crippen LogP contribution in [0, 0.1) is 0 Å². The highest BCUT2D eigenvalue weighted by Crippen LogP contribution is 2.31. The van der Waals surface area contributed by atoms with Crippen molar-refractivity contribution in [3.8, 4) is 0 Å². The maximum atomic E-state index is 14.1. The van der Waals surface area contributed by atoms with Crippen LogP contribution in [-0.2, 0) is 14.3 Å². The first-order valence-corrected chi connectivity index (χ1v) is 5.21. The van der Waals surface area contributed by atoms with Crippen LogP contribution in [0.5, 0.6) is 0 Å². The van der Waals surface area contributed by atoms with E-state index in [1.54, 1.807) is 20.8 Å². The first-order valence-electron chi connectivity index (χ1n) is 5.21. The highest BCUT2D eigenvalue weighted by Gasteiger charge is 2.49. The summed E-state index contributed by atoms with van der Waals surface area (Å²) < 4.78 is 19.0. The van der Waals surface area contributed by atoms with Gasteiger partial charge in [0.2, 0.25) is 0 Å². The lowest BCUT2D eigenvalue weighted by atomic mass is 9.85. The molecular formula is C11H17FO3. The number of hydrogen-bond acceptors (Lipinski definition) is 3. The van der Waals surface area contributed by atoms with Crippen molar-refractivity contribution in [2.75, 3.05) is 0 Å². The van der Waals surface area contributed by atoms with Gasteiger partial charge in [-0.05, 0) is 40.0 Å². The Balaban J connectivity index is 2.76. The SMILES string of the molecule is CC(C)(C)OC(=O)[C@@]1(F)CCCCC1=O. The Hall–Kier alpha value is -0.930. The van der Waals surface area contributed by atoms with Gasteiger partial charge < -0.3 is 4.74 Å². The van der Waals surface area contributed by atoms with Crippen molar-refractivity contribution < 1.29 is 18.7 Å². The maximum Gasteiger partial charge on any atom is 0.352 e. The van der Waals surface area contributed by atoms with Gasteiger partial charge in [-0.1, -0.05) is 0 Å². The largest absolute Gasteiger partial charge is 0.457 e. The van der Waals surface area contributed by atoms with E-state index in [1.165, 1.54) is 0 Å². The highest BCUT2D eigenvalue weighted by molar-refractivity contribution is 6.07. The van der Waals surface area contributed by atoms with Crippen molar-refractivity contribution in [2.45, 2.75) is 57.7 Å². The highest BCUT2D eigenvalue weighted by atomic mass is 19.1. The number of rotatable bonds is 1. The number of esters is 1. The lowest BCUT2D eigenvalue weighted by Crippen LogP contribution is -2.47. The Morgan fingerprint density at radius 2 is 2.00 bits per heavy atom. The molecule has 86 valence electrons. The van der Waals surface area contributed by atoms with E-state index < -0.39 is 23.0 Å². The van der Waals surface area contributed by atoms with Crippen molar-refractivity contribution in [2.24, 2.45) is 0 Å². The van der Waals surface area contributed by atoms with Crippen molar-refractivity contribution >= 4 is 11.8 Å². The lowest BCUT2D eigenvalue weighted by molar-refractivity contribution is -0.174. The van der Waals surface area contributed by atoms with Gasteiger partial charge in [-0.3, -0.25) is 4.79 Å². The molecule has 0 aromatic heterocycles. The Bertz CT molecular complexity index is 280. The van der Waals surface area contributed by atoms with E-state index in [0.29, 0.717) is 12.8 Å². The second-order valence-corrected chi connectivity index (χ2v) is 4.93. The molecule has 1 saturated carbocycles. The molecule has 3 nitrogen and oxygen atoms in total. The van der Waals surface area contributed by atoms with E-state index in [2.05, 4.69) is 0 Å². The minimum atomic E-state index is -2.40. The maximum absolute atomic E-state index is 14.1. The molecule has 0 saturated heterocycles. The fraction of sp³-hybridized carbons (Fsp3) is 0.818. The average Bonchev–Trinajstić information content (AvgIpc) is 2.07. The van der Waals surface area contributed by atoms with E-state index in [-0.39, 0.29) is 12.8 Å². The Morgan fingerprint density at radius 3 is 2.47 bits per heavy atom. The third-order valence-corrected chi connectivity index (χ3v) is 2.34. The zero-order valence-corrected chi connectivity index (χ0v) is 9.43. The Kier molecular flexibility index (Phi) is 3.16. The summed E-state index contributed by atoms with van der Waals surface area (Å²) in [5.74, 6) is -1.66. The zero-order chi connectivity index (χ0) is 11.7. The molecule has 0 bridgehead atoms. The molecule has 0 radical (unpaired) electrons. The summed E-state index contributed by atoms with van der Waals surface area (Å²) in [5.41, 5.74) is -3.15. The summed E-state index contributed by atoms with van der Waals surface area (Å²) in [6.07, 6.45) is 1.31. The molecule has 0 N–H and O–H groups in total. The third-order valence-electron chi connectivity index (χ3n) is 2.34. The van der Waals surface area contributed by atoms with Gasteiger partial charge in [0, 0.05) is 6.42 Å². The van der Waals surface area contributed by atoms with Gasteiger partial charge in [-0.15, -0.1) is 0 Å². The molecule has 0 spiro atoms. The van der Waals surface area contributed by atoms with Crippen LogP contribution < -0.4 is 0 Å². The van der Waals surface area contributed by atoms with E-state index in [9.17, 15) is 14.0 Å². The van der Waals surface area contributed by atoms with Crippen molar-refractivity contribution in [1.82, 2.24) is 0 Å². The van der Waals surface area contributed by atoms with Gasteiger partial charge in [-0.2, -0.15) is 0 Å². The summed E-state index contributed by atoms with van der Waals surface area (Å²) in [6.45, 7) is 4.96. The van der Waals surface area contributed by atoms with Crippen molar-refractivity contribution in [1.29, 1.82) is 0 Å². The predicted octanol–water partition coefficient (Wildman–Crippen LogP) is 2.18. The van der Waals surface area contributed by atoms with Crippen LogP contribution in [-0.4, -0.2) is 23.0 Å². The van der Waals surface area contributed by atoms with E-state index >= 15 is 0 Å². The molecule has 0 heterocycles. The molecule has 4 heteroatoms. The molecule has 1 aliphatic rings. The van der Waals surface area contributed by atoms with E-state index in [1.807, 2.05) is 0 Å². The molecule has 0 amide bonds. The first-order chi connectivity index (χ1) is 6.76. The smallest absolute Gasteiger partial charge is 0.352 e. The van der Waals surface area contributed by atoms with Crippen LogP contribution >= 0.6 is 0 Å². The van der Waals surface area contributed by atoms with Gasteiger partial charge in [0.1, 0.15) is 5.60 Å². The zero-order valence-electron chi connectivity index (χ0n) is 9.43. The summed E-state index contributed by atoms with van der Waals surface area (Å²) in [4.78, 5) is 22.9. The van der Waals surface area contributed by atoms with Gasteiger partial charge in [0.05, 0.1) is 0 Å². The standard InChI is InChI=1S/C11H17FO3/c1-10(2,3)15-9(14)11(12)7-5-4-6-8(11)13/h4-7H2,1-3H3/t11-/m1/s1. The quantitative estimate of drug-likeness (QED) is 0.498. The minimum absolute atomic E-state index is 0.0409. The van der Waals surface area contributed by atoms with Gasteiger partial charge in [-0.25, -0.2) is 9.18 Å². The summed E-state index contributed by atoms with van der Waals surface area (Å²) in [6, 6.07) is 0. The van der Waals surface area contributed by atoms with Crippen molar-refractivity contribution in [3.05, 3.63) is 0 Å². The van der Waals surface area contributed by atoms with Crippen molar-refractivity contribution in [3.63, 3.8) is 0 Å². The predicted molar refractivity (Wildman–Crippen MR) is 53.2 cm³/mol. The number of carbonyl (C=O) groups is 2. The lowest BCUT2D eigenvalue weighted by Gasteiger charge is -2.29. The molecule has 0 aromatic carbocycles. The van der Waals surface area contributed by atoms with Crippen LogP contribution in [0.25, 0.3) is 0 Å². The third kappa shape index (κ3) is 2.76. The molecule has 0 aliphatic heterocycles. The Labute approximate surface area is 89.0 Å². The number of ketones is 1. The number of ether oxygens (including phenoxy) is 1. The van der Waals surface area contributed by atoms with Crippen LogP contribution in [0.15, 0.2) is 0 Å².